The van der Waals surface area contributed by atoms with Gasteiger partial charge in [0.1, 0.15) is 17.6 Å². The molecular weight excluding hydrogens is 292 g/mol. The normalized spacial score (nSPS) is 17.4. The van der Waals surface area contributed by atoms with Crippen molar-refractivity contribution in [2.24, 2.45) is 0 Å². The lowest BCUT2D eigenvalue weighted by atomic mass is 10.1. The molecule has 0 saturated carbocycles. The standard InChI is InChI=1S/C17H22N4O2/c1-3-10-20-11-16-19-18-15(21(16)12(2)17(20)23)9-6-13-4-7-14(22)8-5-13/h4-5,7-8,12,22H,3,6,9-11H2,1-2H3/t12-/m1/s1. The molecule has 2 aromatic rings. The molecule has 0 fully saturated rings. The van der Waals surface area contributed by atoms with Crippen LogP contribution < -0.4 is 0 Å². The number of hydrogen-bond acceptors (Lipinski definition) is 4. The SMILES string of the molecule is CCCN1Cc2nnc(CCc3ccc(O)cc3)n2[C@H](C)C1=O. The fraction of sp³-hybridized carbons (Fsp3) is 0.471. The molecule has 1 N–H and O–H groups in total. The number of nitrogens with zero attached hydrogens (tertiary/aromatic N) is 4. The Kier molecular flexibility index (Phi) is 4.32. The molecule has 23 heavy (non-hydrogen) atoms. The summed E-state index contributed by atoms with van der Waals surface area (Å²) in [6, 6.07) is 6.93. The Labute approximate surface area is 135 Å². The molecule has 6 heteroatoms. The first-order valence-electron chi connectivity index (χ1n) is 8.09. The Morgan fingerprint density at radius 1 is 1.22 bits per heavy atom. The number of phenolic OH excluding ortho intramolecular Hbond substituents is 1. The lowest BCUT2D eigenvalue weighted by Gasteiger charge is -2.31. The number of rotatable bonds is 5. The Morgan fingerprint density at radius 3 is 2.65 bits per heavy atom. The fourth-order valence-electron chi connectivity index (χ4n) is 3.09. The van der Waals surface area contributed by atoms with Crippen LogP contribution in [-0.4, -0.2) is 37.2 Å². The molecule has 2 heterocycles. The van der Waals surface area contributed by atoms with E-state index < -0.39 is 0 Å². The van der Waals surface area contributed by atoms with Crippen molar-refractivity contribution in [3.05, 3.63) is 41.5 Å². The topological polar surface area (TPSA) is 71.2 Å². The predicted molar refractivity (Wildman–Crippen MR) is 86.0 cm³/mol. The van der Waals surface area contributed by atoms with E-state index in [1.54, 1.807) is 12.1 Å². The summed E-state index contributed by atoms with van der Waals surface area (Å²) in [5.41, 5.74) is 1.13. The van der Waals surface area contributed by atoms with Crippen LogP contribution in [-0.2, 0) is 24.2 Å². The van der Waals surface area contributed by atoms with E-state index in [0.29, 0.717) is 6.54 Å². The summed E-state index contributed by atoms with van der Waals surface area (Å²) in [5.74, 6) is 2.13. The van der Waals surface area contributed by atoms with Crippen molar-refractivity contribution >= 4 is 5.91 Å². The van der Waals surface area contributed by atoms with E-state index >= 15 is 0 Å². The van der Waals surface area contributed by atoms with E-state index in [2.05, 4.69) is 17.1 Å². The molecular formula is C17H22N4O2. The largest absolute Gasteiger partial charge is 0.508 e. The maximum absolute atomic E-state index is 12.5. The van der Waals surface area contributed by atoms with Crippen LogP contribution in [0.4, 0.5) is 0 Å². The first kappa shape index (κ1) is 15.5. The number of hydrogen-bond donors (Lipinski definition) is 1. The van der Waals surface area contributed by atoms with E-state index in [9.17, 15) is 9.90 Å². The molecule has 1 aromatic carbocycles. The summed E-state index contributed by atoms with van der Waals surface area (Å²) in [4.78, 5) is 14.3. The van der Waals surface area contributed by atoms with Crippen molar-refractivity contribution in [1.29, 1.82) is 0 Å². The van der Waals surface area contributed by atoms with Crippen molar-refractivity contribution in [2.75, 3.05) is 6.54 Å². The van der Waals surface area contributed by atoms with Gasteiger partial charge in [-0.2, -0.15) is 0 Å². The zero-order valence-corrected chi connectivity index (χ0v) is 13.6. The van der Waals surface area contributed by atoms with E-state index in [1.807, 2.05) is 28.5 Å². The van der Waals surface area contributed by atoms with E-state index in [-0.39, 0.29) is 17.7 Å². The van der Waals surface area contributed by atoms with Crippen LogP contribution in [0.3, 0.4) is 0 Å². The van der Waals surface area contributed by atoms with Crippen LogP contribution in [0.1, 0.15) is 43.5 Å². The van der Waals surface area contributed by atoms with E-state index in [4.69, 9.17) is 0 Å². The lowest BCUT2D eigenvalue weighted by Crippen LogP contribution is -2.42. The van der Waals surface area contributed by atoms with Crippen molar-refractivity contribution in [3.8, 4) is 5.75 Å². The maximum atomic E-state index is 12.5. The molecule has 122 valence electrons. The number of phenols is 1. The zero-order chi connectivity index (χ0) is 16.4. The van der Waals surface area contributed by atoms with Gasteiger partial charge in [-0.25, -0.2) is 0 Å². The predicted octanol–water partition coefficient (Wildman–Crippen LogP) is 2.08. The minimum absolute atomic E-state index is 0.144. The first-order valence-corrected chi connectivity index (χ1v) is 8.09. The van der Waals surface area contributed by atoms with Crippen LogP contribution >= 0.6 is 0 Å². The van der Waals surface area contributed by atoms with Gasteiger partial charge in [-0.15, -0.1) is 10.2 Å². The molecule has 0 radical (unpaired) electrons. The third-order valence-corrected chi connectivity index (χ3v) is 4.29. The number of benzene rings is 1. The molecule has 0 aliphatic carbocycles. The second-order valence-electron chi connectivity index (χ2n) is 6.00. The highest BCUT2D eigenvalue weighted by atomic mass is 16.3. The molecule has 1 aromatic heterocycles. The number of aryl methyl sites for hydroxylation is 2. The molecule has 0 unspecified atom stereocenters. The van der Waals surface area contributed by atoms with Crippen molar-refractivity contribution in [2.45, 2.75) is 45.7 Å². The van der Waals surface area contributed by atoms with Gasteiger partial charge in [0.2, 0.25) is 5.91 Å². The van der Waals surface area contributed by atoms with Crippen LogP contribution in [0, 0.1) is 0 Å². The molecule has 1 atom stereocenters. The second-order valence-corrected chi connectivity index (χ2v) is 6.00. The molecule has 1 amide bonds. The van der Waals surface area contributed by atoms with Crippen LogP contribution in [0.25, 0.3) is 0 Å². The Morgan fingerprint density at radius 2 is 1.96 bits per heavy atom. The minimum atomic E-state index is -0.241. The van der Waals surface area contributed by atoms with Crippen LogP contribution in [0.15, 0.2) is 24.3 Å². The molecule has 0 saturated heterocycles. The number of carbonyl (C=O) groups is 1. The van der Waals surface area contributed by atoms with Gasteiger partial charge in [0.15, 0.2) is 5.82 Å². The lowest BCUT2D eigenvalue weighted by molar-refractivity contribution is -0.137. The Balaban J connectivity index is 1.76. The third-order valence-electron chi connectivity index (χ3n) is 4.29. The molecule has 3 rings (SSSR count). The van der Waals surface area contributed by atoms with Gasteiger partial charge in [0, 0.05) is 13.0 Å². The van der Waals surface area contributed by atoms with Gasteiger partial charge < -0.3 is 14.6 Å². The van der Waals surface area contributed by atoms with Crippen molar-refractivity contribution < 1.29 is 9.90 Å². The molecule has 0 spiro atoms. The van der Waals surface area contributed by atoms with Crippen LogP contribution in [0.2, 0.25) is 0 Å². The number of aromatic nitrogens is 3. The highest BCUT2D eigenvalue weighted by Crippen LogP contribution is 2.23. The molecule has 1 aliphatic heterocycles. The highest BCUT2D eigenvalue weighted by molar-refractivity contribution is 5.81. The van der Waals surface area contributed by atoms with E-state index in [0.717, 1.165) is 43.0 Å². The summed E-state index contributed by atoms with van der Waals surface area (Å²) in [7, 11) is 0. The second kappa shape index (κ2) is 6.40. The summed E-state index contributed by atoms with van der Waals surface area (Å²) in [5, 5.41) is 17.9. The van der Waals surface area contributed by atoms with Gasteiger partial charge in [-0.1, -0.05) is 19.1 Å². The van der Waals surface area contributed by atoms with Gasteiger partial charge in [-0.05, 0) is 37.5 Å². The number of fused-ring (bicyclic) bond motifs is 1. The Hall–Kier alpha value is -2.37. The number of amides is 1. The van der Waals surface area contributed by atoms with Crippen molar-refractivity contribution in [1.82, 2.24) is 19.7 Å². The summed E-state index contributed by atoms with van der Waals surface area (Å²) in [6.45, 7) is 5.30. The zero-order valence-electron chi connectivity index (χ0n) is 13.6. The van der Waals surface area contributed by atoms with Gasteiger partial charge in [0.25, 0.3) is 0 Å². The monoisotopic (exact) mass is 314 g/mol. The minimum Gasteiger partial charge on any atom is -0.508 e. The summed E-state index contributed by atoms with van der Waals surface area (Å²) in [6.07, 6.45) is 2.47. The molecule has 6 nitrogen and oxygen atoms in total. The third kappa shape index (κ3) is 3.06. The van der Waals surface area contributed by atoms with Crippen molar-refractivity contribution in [3.63, 3.8) is 0 Å². The van der Waals surface area contributed by atoms with Gasteiger partial charge in [-0.3, -0.25) is 4.79 Å². The highest BCUT2D eigenvalue weighted by Gasteiger charge is 2.32. The number of carbonyl (C=O) groups excluding carboxylic acids is 1. The van der Waals surface area contributed by atoms with Crippen LogP contribution in [0.5, 0.6) is 5.75 Å². The quantitative estimate of drug-likeness (QED) is 0.917. The van der Waals surface area contributed by atoms with E-state index in [1.165, 1.54) is 0 Å². The molecule has 1 aliphatic rings. The average molecular weight is 314 g/mol. The summed E-state index contributed by atoms with van der Waals surface area (Å²) < 4.78 is 1.98. The van der Waals surface area contributed by atoms with Gasteiger partial charge in [0.05, 0.1) is 6.54 Å². The smallest absolute Gasteiger partial charge is 0.245 e. The summed E-state index contributed by atoms with van der Waals surface area (Å²) >= 11 is 0. The average Bonchev–Trinajstić information content (AvgIpc) is 2.95. The molecule has 0 bridgehead atoms. The fourth-order valence-corrected chi connectivity index (χ4v) is 3.09. The Bertz CT molecular complexity index is 693. The number of aromatic hydroxyl groups is 1. The first-order chi connectivity index (χ1) is 11.1. The van der Waals surface area contributed by atoms with Gasteiger partial charge >= 0.3 is 0 Å². The maximum Gasteiger partial charge on any atom is 0.245 e.